The summed E-state index contributed by atoms with van der Waals surface area (Å²) >= 11 is 1.64. The average Bonchev–Trinajstić information content (AvgIpc) is 2.69. The number of hydrogen-bond donors (Lipinski definition) is 1. The predicted octanol–water partition coefficient (Wildman–Crippen LogP) is 2.59. The molecular formula is C11H14N4S. The monoisotopic (exact) mass is 234 g/mol. The third kappa shape index (κ3) is 2.36. The Morgan fingerprint density at radius 1 is 1.25 bits per heavy atom. The van der Waals surface area contributed by atoms with Crippen LogP contribution in [0.3, 0.4) is 0 Å². The van der Waals surface area contributed by atoms with Crippen molar-refractivity contribution >= 4 is 17.2 Å². The number of rotatable bonds is 3. The lowest BCUT2D eigenvalue weighted by atomic mass is 10.1. The van der Waals surface area contributed by atoms with E-state index in [-0.39, 0.29) is 5.54 Å². The summed E-state index contributed by atoms with van der Waals surface area (Å²) in [6.45, 7) is 6.12. The van der Waals surface area contributed by atoms with Gasteiger partial charge in [-0.25, -0.2) is 15.0 Å². The lowest BCUT2D eigenvalue weighted by Gasteiger charge is -2.24. The third-order valence-electron chi connectivity index (χ3n) is 2.21. The number of aryl methyl sites for hydroxylation is 1. The lowest BCUT2D eigenvalue weighted by Crippen LogP contribution is -2.28. The molecule has 16 heavy (non-hydrogen) atoms. The minimum absolute atomic E-state index is 0.213. The zero-order chi connectivity index (χ0) is 11.6. The molecule has 0 aliphatic carbocycles. The van der Waals surface area contributed by atoms with Crippen molar-refractivity contribution in [3.8, 4) is 0 Å². The molecule has 0 amide bonds. The maximum atomic E-state index is 4.32. The molecule has 1 N–H and O–H groups in total. The summed E-state index contributed by atoms with van der Waals surface area (Å²) in [5.41, 5.74) is 0.738. The first-order valence-electron chi connectivity index (χ1n) is 5.05. The van der Waals surface area contributed by atoms with E-state index in [4.69, 9.17) is 0 Å². The zero-order valence-corrected chi connectivity index (χ0v) is 10.4. The highest BCUT2D eigenvalue weighted by Gasteiger charge is 2.23. The van der Waals surface area contributed by atoms with Crippen molar-refractivity contribution in [2.24, 2.45) is 0 Å². The molecule has 5 heteroatoms. The Labute approximate surface area is 98.8 Å². The molecule has 0 aromatic carbocycles. The fourth-order valence-electron chi connectivity index (χ4n) is 1.43. The molecule has 0 spiro atoms. The van der Waals surface area contributed by atoms with Crippen molar-refractivity contribution in [3.63, 3.8) is 0 Å². The summed E-state index contributed by atoms with van der Waals surface area (Å²) in [4.78, 5) is 12.6. The molecule has 2 aromatic heterocycles. The standard InChI is InChI=1S/C11H14N4S/c1-8-6-9(14-7-13-8)15-11(2,3)10-12-4-5-16-10/h4-7H,1-3H3,(H,13,14,15). The maximum absolute atomic E-state index is 4.32. The largest absolute Gasteiger partial charge is 0.359 e. The van der Waals surface area contributed by atoms with E-state index in [0.29, 0.717) is 0 Å². The first kappa shape index (κ1) is 11.0. The summed E-state index contributed by atoms with van der Waals surface area (Å²) in [6, 6.07) is 1.93. The van der Waals surface area contributed by atoms with Crippen LogP contribution in [0.1, 0.15) is 24.5 Å². The van der Waals surface area contributed by atoms with E-state index < -0.39 is 0 Å². The molecule has 0 saturated heterocycles. The van der Waals surface area contributed by atoms with Crippen LogP contribution in [0.2, 0.25) is 0 Å². The maximum Gasteiger partial charge on any atom is 0.130 e. The summed E-state index contributed by atoms with van der Waals surface area (Å²) in [5.74, 6) is 0.827. The van der Waals surface area contributed by atoms with Crippen LogP contribution in [0.5, 0.6) is 0 Å². The van der Waals surface area contributed by atoms with Crippen molar-refractivity contribution in [2.75, 3.05) is 5.32 Å². The van der Waals surface area contributed by atoms with Gasteiger partial charge in [0, 0.05) is 23.3 Å². The van der Waals surface area contributed by atoms with Crippen LogP contribution in [-0.2, 0) is 5.54 Å². The van der Waals surface area contributed by atoms with E-state index in [9.17, 15) is 0 Å². The number of aromatic nitrogens is 3. The topological polar surface area (TPSA) is 50.7 Å². The zero-order valence-electron chi connectivity index (χ0n) is 9.56. The molecule has 0 aliphatic heterocycles. The summed E-state index contributed by atoms with van der Waals surface area (Å²) in [7, 11) is 0. The SMILES string of the molecule is Cc1cc(NC(C)(C)c2nccs2)ncn1. The van der Waals surface area contributed by atoms with Crippen LogP contribution in [0, 0.1) is 6.92 Å². The Hall–Kier alpha value is -1.49. The molecule has 2 heterocycles. The molecule has 0 aliphatic rings. The van der Waals surface area contributed by atoms with Gasteiger partial charge in [-0.1, -0.05) is 0 Å². The lowest BCUT2D eigenvalue weighted by molar-refractivity contribution is 0.600. The summed E-state index contributed by atoms with van der Waals surface area (Å²) in [6.07, 6.45) is 3.38. The Bertz CT molecular complexity index is 465. The second-order valence-electron chi connectivity index (χ2n) is 4.13. The average molecular weight is 234 g/mol. The second kappa shape index (κ2) is 4.17. The highest BCUT2D eigenvalue weighted by molar-refractivity contribution is 7.09. The molecule has 0 radical (unpaired) electrons. The van der Waals surface area contributed by atoms with Gasteiger partial charge >= 0.3 is 0 Å². The predicted molar refractivity (Wildman–Crippen MR) is 65.5 cm³/mol. The fraction of sp³-hybridized carbons (Fsp3) is 0.364. The van der Waals surface area contributed by atoms with Crippen LogP contribution in [0.25, 0.3) is 0 Å². The quantitative estimate of drug-likeness (QED) is 0.886. The minimum atomic E-state index is -0.213. The van der Waals surface area contributed by atoms with Crippen molar-refractivity contribution in [1.29, 1.82) is 0 Å². The van der Waals surface area contributed by atoms with Gasteiger partial charge in [-0.05, 0) is 20.8 Å². The number of thiazole rings is 1. The van der Waals surface area contributed by atoms with E-state index in [1.807, 2.05) is 24.6 Å². The second-order valence-corrected chi connectivity index (χ2v) is 5.03. The van der Waals surface area contributed by atoms with E-state index in [2.05, 4.69) is 34.1 Å². The number of anilines is 1. The molecule has 84 valence electrons. The molecule has 4 nitrogen and oxygen atoms in total. The molecule has 0 unspecified atom stereocenters. The molecule has 2 aromatic rings. The Morgan fingerprint density at radius 3 is 2.69 bits per heavy atom. The molecule has 0 saturated carbocycles. The van der Waals surface area contributed by atoms with Crippen LogP contribution in [0.4, 0.5) is 5.82 Å². The van der Waals surface area contributed by atoms with Gasteiger partial charge in [0.25, 0.3) is 0 Å². The van der Waals surface area contributed by atoms with Gasteiger partial charge in [0.05, 0.1) is 5.54 Å². The minimum Gasteiger partial charge on any atom is -0.359 e. The van der Waals surface area contributed by atoms with Gasteiger partial charge in [-0.2, -0.15) is 0 Å². The number of hydrogen-bond acceptors (Lipinski definition) is 5. The number of nitrogens with one attached hydrogen (secondary N) is 1. The first-order valence-corrected chi connectivity index (χ1v) is 5.93. The molecule has 2 rings (SSSR count). The highest BCUT2D eigenvalue weighted by atomic mass is 32.1. The highest BCUT2D eigenvalue weighted by Crippen LogP contribution is 2.26. The Kier molecular flexibility index (Phi) is 2.87. The fourth-order valence-corrected chi connectivity index (χ4v) is 2.15. The van der Waals surface area contributed by atoms with E-state index in [0.717, 1.165) is 16.5 Å². The van der Waals surface area contributed by atoms with Gasteiger partial charge in [0.15, 0.2) is 0 Å². The smallest absolute Gasteiger partial charge is 0.130 e. The van der Waals surface area contributed by atoms with Crippen molar-refractivity contribution in [2.45, 2.75) is 26.3 Å². The van der Waals surface area contributed by atoms with Gasteiger partial charge < -0.3 is 5.32 Å². The Morgan fingerprint density at radius 2 is 2.06 bits per heavy atom. The van der Waals surface area contributed by atoms with Gasteiger partial charge in [-0.15, -0.1) is 11.3 Å². The normalized spacial score (nSPS) is 11.4. The van der Waals surface area contributed by atoms with Crippen LogP contribution in [0.15, 0.2) is 24.0 Å². The molecular weight excluding hydrogens is 220 g/mol. The van der Waals surface area contributed by atoms with Gasteiger partial charge in [0.2, 0.25) is 0 Å². The first-order chi connectivity index (χ1) is 7.58. The van der Waals surface area contributed by atoms with Gasteiger partial charge in [0.1, 0.15) is 17.2 Å². The summed E-state index contributed by atoms with van der Waals surface area (Å²) in [5, 5.41) is 6.38. The third-order valence-corrected chi connectivity index (χ3v) is 3.31. The van der Waals surface area contributed by atoms with Crippen molar-refractivity contribution < 1.29 is 0 Å². The van der Waals surface area contributed by atoms with E-state index >= 15 is 0 Å². The van der Waals surface area contributed by atoms with Crippen molar-refractivity contribution in [3.05, 3.63) is 34.7 Å². The van der Waals surface area contributed by atoms with E-state index in [1.165, 1.54) is 0 Å². The van der Waals surface area contributed by atoms with E-state index in [1.54, 1.807) is 17.7 Å². The van der Waals surface area contributed by atoms with Crippen LogP contribution in [-0.4, -0.2) is 15.0 Å². The Balaban J connectivity index is 2.21. The van der Waals surface area contributed by atoms with Crippen molar-refractivity contribution in [1.82, 2.24) is 15.0 Å². The van der Waals surface area contributed by atoms with Crippen LogP contribution < -0.4 is 5.32 Å². The summed E-state index contributed by atoms with van der Waals surface area (Å²) < 4.78 is 0. The number of nitrogens with zero attached hydrogens (tertiary/aromatic N) is 3. The molecule has 0 bridgehead atoms. The van der Waals surface area contributed by atoms with Gasteiger partial charge in [-0.3, -0.25) is 0 Å². The van der Waals surface area contributed by atoms with Crippen LogP contribution >= 0.6 is 11.3 Å². The molecule has 0 atom stereocenters. The molecule has 0 fully saturated rings.